The molecule has 0 saturated heterocycles. The first-order chi connectivity index (χ1) is 7.70. The van der Waals surface area contributed by atoms with Gasteiger partial charge in [-0.3, -0.25) is 4.21 Å². The highest BCUT2D eigenvalue weighted by atomic mass is 32.2. The van der Waals surface area contributed by atoms with Crippen LogP contribution in [0.25, 0.3) is 0 Å². The summed E-state index contributed by atoms with van der Waals surface area (Å²) in [6.45, 7) is 14.0. The fourth-order valence-electron chi connectivity index (χ4n) is 2.90. The van der Waals surface area contributed by atoms with Crippen LogP contribution in [0, 0.1) is 5.41 Å². The summed E-state index contributed by atoms with van der Waals surface area (Å²) in [6, 6.07) is 0.390. The molecule has 0 aliphatic heterocycles. The van der Waals surface area contributed by atoms with Crippen molar-refractivity contribution in [3.8, 4) is 0 Å². The summed E-state index contributed by atoms with van der Waals surface area (Å²) in [6.07, 6.45) is 3.55. The first-order valence-electron chi connectivity index (χ1n) is 6.84. The van der Waals surface area contributed by atoms with Crippen LogP contribution in [0.2, 0.25) is 0 Å². The molecule has 2 nitrogen and oxygen atoms in total. The van der Waals surface area contributed by atoms with Crippen molar-refractivity contribution in [1.82, 2.24) is 5.32 Å². The minimum Gasteiger partial charge on any atom is -0.313 e. The normalized spacial score (nSPS) is 31.2. The second-order valence-electron chi connectivity index (χ2n) is 6.86. The van der Waals surface area contributed by atoms with Gasteiger partial charge in [-0.25, -0.2) is 0 Å². The lowest BCUT2D eigenvalue weighted by atomic mass is 9.73. The molecule has 0 spiro atoms. The third-order valence-electron chi connectivity index (χ3n) is 3.83. The molecule has 0 radical (unpaired) electrons. The average Bonchev–Trinajstić information content (AvgIpc) is 2.18. The summed E-state index contributed by atoms with van der Waals surface area (Å²) in [5.41, 5.74) is 0.264. The summed E-state index contributed by atoms with van der Waals surface area (Å²) in [5, 5.41) is 3.89. The van der Waals surface area contributed by atoms with Gasteiger partial charge in [0.1, 0.15) is 0 Å². The Balaban J connectivity index is 2.92. The lowest BCUT2D eigenvalue weighted by molar-refractivity contribution is 0.174. The molecule has 3 unspecified atom stereocenters. The maximum atomic E-state index is 12.7. The highest BCUT2D eigenvalue weighted by Gasteiger charge is 2.43. The second kappa shape index (κ2) is 5.40. The number of hydrogen-bond acceptors (Lipinski definition) is 2. The van der Waals surface area contributed by atoms with Gasteiger partial charge in [0, 0.05) is 21.6 Å². The van der Waals surface area contributed by atoms with Gasteiger partial charge >= 0.3 is 0 Å². The minimum absolute atomic E-state index is 0.105. The monoisotopic (exact) mass is 259 g/mol. The van der Waals surface area contributed by atoms with E-state index in [0.717, 1.165) is 13.0 Å². The van der Waals surface area contributed by atoms with Crippen LogP contribution in [0.4, 0.5) is 0 Å². The zero-order valence-corrected chi connectivity index (χ0v) is 13.1. The first-order valence-corrected chi connectivity index (χ1v) is 8.05. The zero-order chi connectivity index (χ0) is 13.3. The highest BCUT2D eigenvalue weighted by Crippen LogP contribution is 2.39. The van der Waals surface area contributed by atoms with E-state index in [0.29, 0.717) is 11.3 Å². The Kier molecular flexibility index (Phi) is 4.81. The maximum absolute atomic E-state index is 12.7. The van der Waals surface area contributed by atoms with E-state index in [-0.39, 0.29) is 10.2 Å². The number of rotatable bonds is 3. The van der Waals surface area contributed by atoms with Crippen molar-refractivity contribution >= 4 is 10.8 Å². The topological polar surface area (TPSA) is 29.1 Å². The fourth-order valence-corrected chi connectivity index (χ4v) is 4.90. The van der Waals surface area contributed by atoms with Crippen LogP contribution in [-0.4, -0.2) is 26.8 Å². The second-order valence-corrected chi connectivity index (χ2v) is 9.29. The Morgan fingerprint density at radius 3 is 2.41 bits per heavy atom. The van der Waals surface area contributed by atoms with Gasteiger partial charge in [0.15, 0.2) is 0 Å². The molecule has 1 aliphatic rings. The molecule has 1 rings (SSSR count). The van der Waals surface area contributed by atoms with Crippen LogP contribution >= 0.6 is 0 Å². The predicted octanol–water partition coefficient (Wildman–Crippen LogP) is 3.09. The molecule has 17 heavy (non-hydrogen) atoms. The van der Waals surface area contributed by atoms with Crippen LogP contribution in [0.15, 0.2) is 0 Å². The van der Waals surface area contributed by atoms with E-state index in [9.17, 15) is 4.21 Å². The molecule has 1 N–H and O–H groups in total. The molecular formula is C14H29NOS. The SMILES string of the molecule is CCNC1C(S(=O)C(C)(C)C)CCCC1(C)C. The van der Waals surface area contributed by atoms with Crippen molar-refractivity contribution < 1.29 is 4.21 Å². The summed E-state index contributed by atoms with van der Waals surface area (Å²) in [4.78, 5) is 0. The van der Waals surface area contributed by atoms with E-state index in [1.807, 2.05) is 0 Å². The van der Waals surface area contributed by atoms with E-state index in [1.54, 1.807) is 0 Å². The number of hydrogen-bond donors (Lipinski definition) is 1. The van der Waals surface area contributed by atoms with Crippen LogP contribution < -0.4 is 5.32 Å². The lowest BCUT2D eigenvalue weighted by Crippen LogP contribution is -2.56. The number of nitrogens with one attached hydrogen (secondary N) is 1. The zero-order valence-electron chi connectivity index (χ0n) is 12.3. The standard InChI is InChI=1S/C14H29NOS/c1-7-15-12-11(17(16)13(2,3)4)9-8-10-14(12,5)6/h11-12,15H,7-10H2,1-6H3. The van der Waals surface area contributed by atoms with Crippen molar-refractivity contribution in [2.24, 2.45) is 5.41 Å². The van der Waals surface area contributed by atoms with Gasteiger partial charge < -0.3 is 5.32 Å². The molecule has 0 aromatic carbocycles. The molecule has 1 fully saturated rings. The van der Waals surface area contributed by atoms with Crippen molar-refractivity contribution in [3.63, 3.8) is 0 Å². The smallest absolute Gasteiger partial charge is 0.0511 e. The molecular weight excluding hydrogens is 230 g/mol. The van der Waals surface area contributed by atoms with Gasteiger partial charge in [0.25, 0.3) is 0 Å². The molecule has 1 saturated carbocycles. The third kappa shape index (κ3) is 3.54. The van der Waals surface area contributed by atoms with Crippen LogP contribution in [0.5, 0.6) is 0 Å². The first kappa shape index (κ1) is 15.2. The van der Waals surface area contributed by atoms with Crippen LogP contribution in [0.1, 0.15) is 60.8 Å². The molecule has 3 heteroatoms. The average molecular weight is 259 g/mol. The van der Waals surface area contributed by atoms with Crippen LogP contribution in [-0.2, 0) is 10.8 Å². The fraction of sp³-hybridized carbons (Fsp3) is 1.00. The van der Waals surface area contributed by atoms with Gasteiger partial charge in [-0.15, -0.1) is 0 Å². The predicted molar refractivity (Wildman–Crippen MR) is 76.8 cm³/mol. The largest absolute Gasteiger partial charge is 0.313 e. The van der Waals surface area contributed by atoms with Crippen molar-refractivity contribution in [3.05, 3.63) is 0 Å². The minimum atomic E-state index is -0.764. The maximum Gasteiger partial charge on any atom is 0.0511 e. The van der Waals surface area contributed by atoms with Crippen molar-refractivity contribution in [2.45, 2.75) is 76.8 Å². The van der Waals surface area contributed by atoms with Crippen LogP contribution in [0.3, 0.4) is 0 Å². The van der Waals surface area contributed by atoms with Gasteiger partial charge in [-0.05, 0) is 45.6 Å². The summed E-state index contributed by atoms with van der Waals surface area (Å²) < 4.78 is 12.6. The molecule has 0 heterocycles. The van der Waals surface area contributed by atoms with Gasteiger partial charge in [-0.2, -0.15) is 0 Å². The molecule has 3 atom stereocenters. The summed E-state index contributed by atoms with van der Waals surface area (Å²) >= 11 is 0. The summed E-state index contributed by atoms with van der Waals surface area (Å²) in [5.74, 6) is 0. The van der Waals surface area contributed by atoms with Crippen molar-refractivity contribution in [1.29, 1.82) is 0 Å². The van der Waals surface area contributed by atoms with Gasteiger partial charge in [0.05, 0.1) is 5.25 Å². The van der Waals surface area contributed by atoms with E-state index in [4.69, 9.17) is 0 Å². The Labute approximate surface area is 109 Å². The van der Waals surface area contributed by atoms with Gasteiger partial charge in [-0.1, -0.05) is 27.2 Å². The lowest BCUT2D eigenvalue weighted by Gasteiger charge is -2.45. The molecule has 0 amide bonds. The third-order valence-corrected chi connectivity index (χ3v) is 6.09. The van der Waals surface area contributed by atoms with E-state index in [2.05, 4.69) is 46.9 Å². The molecule has 0 aromatic rings. The highest BCUT2D eigenvalue weighted by molar-refractivity contribution is 7.87. The van der Waals surface area contributed by atoms with E-state index < -0.39 is 10.8 Å². The Hall–Kier alpha value is 0.110. The Morgan fingerprint density at radius 1 is 1.35 bits per heavy atom. The Morgan fingerprint density at radius 2 is 1.94 bits per heavy atom. The quantitative estimate of drug-likeness (QED) is 0.844. The van der Waals surface area contributed by atoms with E-state index in [1.165, 1.54) is 12.8 Å². The molecule has 1 aliphatic carbocycles. The van der Waals surface area contributed by atoms with E-state index >= 15 is 0 Å². The summed E-state index contributed by atoms with van der Waals surface area (Å²) in [7, 11) is -0.764. The molecule has 0 bridgehead atoms. The van der Waals surface area contributed by atoms with Crippen molar-refractivity contribution in [2.75, 3.05) is 6.54 Å². The Bertz CT molecular complexity index is 280. The molecule has 0 aromatic heterocycles. The molecule has 102 valence electrons. The van der Waals surface area contributed by atoms with Gasteiger partial charge in [0.2, 0.25) is 0 Å².